The van der Waals surface area contributed by atoms with Crippen molar-refractivity contribution in [1.29, 1.82) is 0 Å². The maximum absolute atomic E-state index is 12.4. The van der Waals surface area contributed by atoms with Crippen molar-refractivity contribution in [2.75, 3.05) is 32.8 Å². The van der Waals surface area contributed by atoms with Crippen LogP contribution in [-0.2, 0) is 11.3 Å². The van der Waals surface area contributed by atoms with Gasteiger partial charge in [0.05, 0.1) is 18.8 Å². The highest BCUT2D eigenvalue weighted by atomic mass is 35.5. The van der Waals surface area contributed by atoms with Crippen LogP contribution >= 0.6 is 11.6 Å². The Morgan fingerprint density at radius 3 is 2.67 bits per heavy atom. The molecule has 27 heavy (non-hydrogen) atoms. The number of carbonyl (C=O) groups is 1. The van der Waals surface area contributed by atoms with E-state index in [0.29, 0.717) is 19.4 Å². The molecule has 0 N–H and O–H groups in total. The van der Waals surface area contributed by atoms with Gasteiger partial charge in [0.15, 0.2) is 5.76 Å². The fourth-order valence-electron chi connectivity index (χ4n) is 3.15. The lowest BCUT2D eigenvalue weighted by atomic mass is 10.2. The lowest BCUT2D eigenvalue weighted by Crippen LogP contribution is -2.48. The minimum absolute atomic E-state index is 0.195. The molecule has 7 heteroatoms. The van der Waals surface area contributed by atoms with E-state index in [4.69, 9.17) is 20.9 Å². The van der Waals surface area contributed by atoms with Gasteiger partial charge in [-0.15, -0.1) is 0 Å². The number of carbonyl (C=O) groups excluding carboxylic acids is 1. The van der Waals surface area contributed by atoms with Crippen LogP contribution in [0.5, 0.6) is 5.75 Å². The molecule has 0 radical (unpaired) electrons. The van der Waals surface area contributed by atoms with Gasteiger partial charge in [0.2, 0.25) is 5.91 Å². The Hall–Kier alpha value is -2.05. The maximum Gasteiger partial charge on any atom is 0.222 e. The van der Waals surface area contributed by atoms with Gasteiger partial charge < -0.3 is 14.2 Å². The van der Waals surface area contributed by atoms with Crippen molar-refractivity contribution in [2.24, 2.45) is 0 Å². The molecule has 3 rings (SSSR count). The van der Waals surface area contributed by atoms with Crippen LogP contribution in [0, 0.1) is 13.8 Å². The molecule has 1 aliphatic rings. The van der Waals surface area contributed by atoms with Crippen molar-refractivity contribution < 1.29 is 14.1 Å². The lowest BCUT2D eigenvalue weighted by molar-refractivity contribution is -0.133. The molecule has 1 saturated heterocycles. The summed E-state index contributed by atoms with van der Waals surface area (Å²) in [5, 5.41) is 4.64. The fraction of sp³-hybridized carbons (Fsp3) is 0.500. The first kappa shape index (κ1) is 19.7. The van der Waals surface area contributed by atoms with Gasteiger partial charge >= 0.3 is 0 Å². The molecule has 146 valence electrons. The van der Waals surface area contributed by atoms with Gasteiger partial charge in [-0.3, -0.25) is 9.69 Å². The van der Waals surface area contributed by atoms with Gasteiger partial charge in [-0.1, -0.05) is 16.8 Å². The highest BCUT2D eigenvalue weighted by Crippen LogP contribution is 2.21. The minimum Gasteiger partial charge on any atom is -0.494 e. The van der Waals surface area contributed by atoms with Crippen molar-refractivity contribution in [3.8, 4) is 5.75 Å². The van der Waals surface area contributed by atoms with Gasteiger partial charge in [-0.25, -0.2) is 0 Å². The van der Waals surface area contributed by atoms with Crippen molar-refractivity contribution in [3.05, 3.63) is 46.3 Å². The summed E-state index contributed by atoms with van der Waals surface area (Å²) in [6.07, 6.45) is 1.21. The first-order chi connectivity index (χ1) is 13.0. The van der Waals surface area contributed by atoms with E-state index in [0.717, 1.165) is 60.5 Å². The summed E-state index contributed by atoms with van der Waals surface area (Å²) in [5.74, 6) is 1.86. The van der Waals surface area contributed by atoms with Crippen molar-refractivity contribution in [2.45, 2.75) is 33.2 Å². The second-order valence-electron chi connectivity index (χ2n) is 6.95. The number of ether oxygens (including phenoxy) is 1. The zero-order chi connectivity index (χ0) is 19.2. The number of benzene rings is 1. The molecule has 1 aliphatic heterocycles. The van der Waals surface area contributed by atoms with E-state index in [1.54, 1.807) is 0 Å². The lowest BCUT2D eigenvalue weighted by Gasteiger charge is -2.34. The molecule has 0 bridgehead atoms. The number of amides is 1. The van der Waals surface area contributed by atoms with Gasteiger partial charge in [0.1, 0.15) is 5.75 Å². The van der Waals surface area contributed by atoms with Gasteiger partial charge in [-0.2, -0.15) is 0 Å². The van der Waals surface area contributed by atoms with Crippen molar-refractivity contribution in [3.63, 3.8) is 0 Å². The van der Waals surface area contributed by atoms with Crippen LogP contribution in [-0.4, -0.2) is 53.6 Å². The number of halogens is 1. The molecule has 0 saturated carbocycles. The fourth-order valence-corrected chi connectivity index (χ4v) is 3.26. The summed E-state index contributed by atoms with van der Waals surface area (Å²) < 4.78 is 11.0. The molecule has 1 aromatic heterocycles. The second-order valence-corrected chi connectivity index (χ2v) is 7.36. The summed E-state index contributed by atoms with van der Waals surface area (Å²) in [6.45, 7) is 8.35. The SMILES string of the molecule is Cc1cc(CN2CCN(C(=O)CCCOc3ccc(Cl)c(C)c3)CC2)on1. The van der Waals surface area contributed by atoms with Crippen LogP contribution in [0.3, 0.4) is 0 Å². The molecule has 0 aliphatic carbocycles. The quantitative estimate of drug-likeness (QED) is 0.676. The standard InChI is InChI=1S/C20H26ClN3O3/c1-15-12-17(5-6-19(15)21)26-11-3-4-20(25)24-9-7-23(8-10-24)14-18-13-16(2)22-27-18/h5-6,12-13H,3-4,7-11,14H2,1-2H3. The number of hydrogen-bond donors (Lipinski definition) is 0. The van der Waals surface area contributed by atoms with Crippen LogP contribution < -0.4 is 4.74 Å². The third-order valence-corrected chi connectivity index (χ3v) is 5.14. The van der Waals surface area contributed by atoms with E-state index in [-0.39, 0.29) is 5.91 Å². The topological polar surface area (TPSA) is 58.8 Å². The average molecular weight is 392 g/mol. The molecule has 2 aromatic rings. The molecule has 1 amide bonds. The Labute approximate surface area is 165 Å². The van der Waals surface area contributed by atoms with E-state index >= 15 is 0 Å². The zero-order valence-corrected chi connectivity index (χ0v) is 16.7. The second kappa shape index (κ2) is 9.24. The summed E-state index contributed by atoms with van der Waals surface area (Å²) in [5.41, 5.74) is 1.89. The molecular formula is C20H26ClN3O3. The van der Waals surface area contributed by atoms with Crippen LogP contribution in [0.2, 0.25) is 5.02 Å². The van der Waals surface area contributed by atoms with Crippen LogP contribution in [0.25, 0.3) is 0 Å². The van der Waals surface area contributed by atoms with E-state index in [2.05, 4.69) is 10.1 Å². The number of aromatic nitrogens is 1. The highest BCUT2D eigenvalue weighted by Gasteiger charge is 2.21. The predicted octanol–water partition coefficient (Wildman–Crippen LogP) is 3.45. The number of piperazine rings is 1. The largest absolute Gasteiger partial charge is 0.494 e. The Bertz CT molecular complexity index is 770. The van der Waals surface area contributed by atoms with E-state index in [1.165, 1.54) is 0 Å². The first-order valence-electron chi connectivity index (χ1n) is 9.32. The van der Waals surface area contributed by atoms with Gasteiger partial charge in [-0.05, 0) is 44.0 Å². The Kier molecular flexibility index (Phi) is 6.74. The third kappa shape index (κ3) is 5.71. The number of hydrogen-bond acceptors (Lipinski definition) is 5. The monoisotopic (exact) mass is 391 g/mol. The minimum atomic E-state index is 0.195. The third-order valence-electron chi connectivity index (χ3n) is 4.71. The van der Waals surface area contributed by atoms with Crippen molar-refractivity contribution >= 4 is 17.5 Å². The number of aryl methyl sites for hydroxylation is 2. The van der Waals surface area contributed by atoms with E-state index in [9.17, 15) is 4.79 Å². The highest BCUT2D eigenvalue weighted by molar-refractivity contribution is 6.31. The first-order valence-corrected chi connectivity index (χ1v) is 9.70. The molecular weight excluding hydrogens is 366 g/mol. The van der Waals surface area contributed by atoms with Gasteiger partial charge in [0.25, 0.3) is 0 Å². The Balaban J connectivity index is 1.34. The van der Waals surface area contributed by atoms with Crippen LogP contribution in [0.15, 0.2) is 28.8 Å². The summed E-state index contributed by atoms with van der Waals surface area (Å²) in [6, 6.07) is 7.56. The number of rotatable bonds is 7. The zero-order valence-electron chi connectivity index (χ0n) is 15.9. The molecule has 1 fully saturated rings. The van der Waals surface area contributed by atoms with Gasteiger partial charge in [0, 0.05) is 43.7 Å². The van der Waals surface area contributed by atoms with Crippen LogP contribution in [0.1, 0.15) is 29.9 Å². The van der Waals surface area contributed by atoms with E-state index in [1.807, 2.05) is 43.0 Å². The summed E-state index contributed by atoms with van der Waals surface area (Å²) in [4.78, 5) is 16.6. The van der Waals surface area contributed by atoms with E-state index < -0.39 is 0 Å². The average Bonchev–Trinajstić information content (AvgIpc) is 3.07. The molecule has 1 aromatic carbocycles. The Morgan fingerprint density at radius 1 is 1.22 bits per heavy atom. The summed E-state index contributed by atoms with van der Waals surface area (Å²) in [7, 11) is 0. The smallest absolute Gasteiger partial charge is 0.222 e. The molecule has 6 nitrogen and oxygen atoms in total. The summed E-state index contributed by atoms with van der Waals surface area (Å²) >= 11 is 6.01. The predicted molar refractivity (Wildman–Crippen MR) is 104 cm³/mol. The Morgan fingerprint density at radius 2 is 2.00 bits per heavy atom. The number of nitrogens with zero attached hydrogens (tertiary/aromatic N) is 3. The molecule has 0 unspecified atom stereocenters. The van der Waals surface area contributed by atoms with Crippen molar-refractivity contribution in [1.82, 2.24) is 15.0 Å². The van der Waals surface area contributed by atoms with Crippen LogP contribution in [0.4, 0.5) is 0 Å². The maximum atomic E-state index is 12.4. The molecule has 2 heterocycles. The molecule has 0 atom stereocenters. The molecule has 0 spiro atoms. The normalized spacial score (nSPS) is 15.1.